The van der Waals surface area contributed by atoms with Gasteiger partial charge in [-0.05, 0) is 31.9 Å². The molecular formula is C20H33IN4O3. The molecule has 158 valence electrons. The third-order valence-corrected chi connectivity index (χ3v) is 4.56. The number of ether oxygens (including phenoxy) is 2. The molecule has 1 saturated carbocycles. The largest absolute Gasteiger partial charge is 0.493 e. The first-order valence-electron chi connectivity index (χ1n) is 9.66. The lowest BCUT2D eigenvalue weighted by molar-refractivity contribution is -0.120. The molecule has 2 rings (SSSR count). The monoisotopic (exact) mass is 504 g/mol. The van der Waals surface area contributed by atoms with Crippen LogP contribution in [0.5, 0.6) is 11.5 Å². The van der Waals surface area contributed by atoms with E-state index in [2.05, 4.69) is 20.9 Å². The van der Waals surface area contributed by atoms with Crippen LogP contribution in [0.1, 0.15) is 39.0 Å². The Morgan fingerprint density at radius 2 is 1.86 bits per heavy atom. The zero-order valence-corrected chi connectivity index (χ0v) is 19.3. The van der Waals surface area contributed by atoms with E-state index in [-0.39, 0.29) is 42.5 Å². The average molecular weight is 504 g/mol. The number of nitrogens with zero attached hydrogens (tertiary/aromatic N) is 1. The van der Waals surface area contributed by atoms with Gasteiger partial charge in [-0.15, -0.1) is 24.0 Å². The fraction of sp³-hybridized carbons (Fsp3) is 0.600. The first-order valence-corrected chi connectivity index (χ1v) is 9.66. The summed E-state index contributed by atoms with van der Waals surface area (Å²) in [6.45, 7) is 2.71. The third-order valence-electron chi connectivity index (χ3n) is 4.56. The number of aliphatic imine (C=N–C) groups is 1. The van der Waals surface area contributed by atoms with Gasteiger partial charge in [0.15, 0.2) is 17.5 Å². The van der Waals surface area contributed by atoms with Crippen LogP contribution in [0.2, 0.25) is 0 Å². The topological polar surface area (TPSA) is 84.0 Å². The molecule has 0 radical (unpaired) electrons. The summed E-state index contributed by atoms with van der Waals surface area (Å²) in [6.07, 6.45) is 5.73. The van der Waals surface area contributed by atoms with Gasteiger partial charge in [-0.1, -0.05) is 31.4 Å². The van der Waals surface area contributed by atoms with Crippen molar-refractivity contribution < 1.29 is 14.3 Å². The van der Waals surface area contributed by atoms with Crippen LogP contribution < -0.4 is 25.4 Å². The smallest absolute Gasteiger partial charge is 0.239 e. The Labute approximate surface area is 185 Å². The summed E-state index contributed by atoms with van der Waals surface area (Å²) in [4.78, 5) is 16.2. The van der Waals surface area contributed by atoms with E-state index in [0.29, 0.717) is 30.0 Å². The fourth-order valence-corrected chi connectivity index (χ4v) is 3.13. The summed E-state index contributed by atoms with van der Waals surface area (Å²) >= 11 is 0. The summed E-state index contributed by atoms with van der Waals surface area (Å²) in [6, 6.07) is 7.86. The van der Waals surface area contributed by atoms with Gasteiger partial charge in [0.1, 0.15) is 6.10 Å². The molecule has 0 aromatic heterocycles. The molecule has 0 spiro atoms. The van der Waals surface area contributed by atoms with Crippen LogP contribution in [0.3, 0.4) is 0 Å². The number of amides is 1. The van der Waals surface area contributed by atoms with Crippen LogP contribution in [0.25, 0.3) is 0 Å². The minimum Gasteiger partial charge on any atom is -0.493 e. The highest BCUT2D eigenvalue weighted by atomic mass is 127. The molecule has 1 aliphatic rings. The predicted molar refractivity (Wildman–Crippen MR) is 123 cm³/mol. The summed E-state index contributed by atoms with van der Waals surface area (Å²) in [5.74, 6) is 1.97. The Bertz CT molecular complexity index is 621. The summed E-state index contributed by atoms with van der Waals surface area (Å²) in [5.41, 5.74) is 0. The van der Waals surface area contributed by atoms with E-state index in [1.807, 2.05) is 31.2 Å². The van der Waals surface area contributed by atoms with Crippen molar-refractivity contribution in [3.63, 3.8) is 0 Å². The standard InChI is InChI=1S/C20H32N4O3.HI/c1-15(27-18-12-8-7-11-17(18)26-3)13-22-20(21-2)23-14-19(25)24-16-9-5-4-6-10-16;/h7-8,11-12,15-16H,4-6,9-10,13-14H2,1-3H3,(H,24,25)(H2,21,22,23);1H. The van der Waals surface area contributed by atoms with Gasteiger partial charge in [0, 0.05) is 13.1 Å². The maximum Gasteiger partial charge on any atom is 0.239 e. The van der Waals surface area contributed by atoms with Crippen molar-refractivity contribution in [2.45, 2.75) is 51.2 Å². The van der Waals surface area contributed by atoms with E-state index in [9.17, 15) is 4.79 Å². The van der Waals surface area contributed by atoms with E-state index in [1.54, 1.807) is 14.2 Å². The molecule has 1 aromatic carbocycles. The lowest BCUT2D eigenvalue weighted by Gasteiger charge is -2.23. The highest BCUT2D eigenvalue weighted by Gasteiger charge is 2.16. The quantitative estimate of drug-likeness (QED) is 0.288. The zero-order valence-electron chi connectivity index (χ0n) is 17.0. The van der Waals surface area contributed by atoms with Crippen molar-refractivity contribution in [3.05, 3.63) is 24.3 Å². The Hall–Kier alpha value is -1.71. The van der Waals surface area contributed by atoms with Crippen molar-refractivity contribution in [2.75, 3.05) is 27.2 Å². The van der Waals surface area contributed by atoms with Crippen LogP contribution >= 0.6 is 24.0 Å². The third kappa shape index (κ3) is 8.53. The van der Waals surface area contributed by atoms with E-state index < -0.39 is 0 Å². The Balaban J connectivity index is 0.00000392. The molecule has 1 aromatic rings. The minimum absolute atomic E-state index is 0. The molecule has 8 heteroatoms. The summed E-state index contributed by atoms with van der Waals surface area (Å²) < 4.78 is 11.2. The molecule has 1 atom stereocenters. The fourth-order valence-electron chi connectivity index (χ4n) is 3.13. The van der Waals surface area contributed by atoms with Gasteiger partial charge >= 0.3 is 0 Å². The van der Waals surface area contributed by atoms with Crippen molar-refractivity contribution in [3.8, 4) is 11.5 Å². The molecule has 1 amide bonds. The first-order chi connectivity index (χ1) is 13.1. The highest BCUT2D eigenvalue weighted by molar-refractivity contribution is 14.0. The molecule has 1 fully saturated rings. The summed E-state index contributed by atoms with van der Waals surface area (Å²) in [7, 11) is 3.30. The van der Waals surface area contributed by atoms with Crippen molar-refractivity contribution in [1.82, 2.24) is 16.0 Å². The van der Waals surface area contributed by atoms with E-state index in [4.69, 9.17) is 9.47 Å². The molecule has 0 saturated heterocycles. The van der Waals surface area contributed by atoms with Crippen LogP contribution in [0.15, 0.2) is 29.3 Å². The van der Waals surface area contributed by atoms with Crippen LogP contribution in [-0.2, 0) is 4.79 Å². The van der Waals surface area contributed by atoms with Gasteiger partial charge in [-0.25, -0.2) is 0 Å². The molecule has 0 aliphatic heterocycles. The molecule has 7 nitrogen and oxygen atoms in total. The van der Waals surface area contributed by atoms with Crippen molar-refractivity contribution >= 4 is 35.8 Å². The average Bonchev–Trinajstić information content (AvgIpc) is 2.69. The predicted octanol–water partition coefficient (Wildman–Crippen LogP) is 2.69. The Morgan fingerprint density at radius 1 is 1.18 bits per heavy atom. The lowest BCUT2D eigenvalue weighted by Crippen LogP contribution is -2.47. The first kappa shape index (κ1) is 24.3. The van der Waals surface area contributed by atoms with Gasteiger partial charge in [0.2, 0.25) is 5.91 Å². The Morgan fingerprint density at radius 3 is 2.50 bits per heavy atom. The molecule has 1 unspecified atom stereocenters. The molecule has 0 bridgehead atoms. The number of hydrogen-bond donors (Lipinski definition) is 3. The zero-order chi connectivity index (χ0) is 19.5. The van der Waals surface area contributed by atoms with Gasteiger partial charge in [-0.2, -0.15) is 0 Å². The van der Waals surface area contributed by atoms with E-state index in [1.165, 1.54) is 19.3 Å². The second-order valence-electron chi connectivity index (χ2n) is 6.79. The van der Waals surface area contributed by atoms with Gasteiger partial charge in [0.05, 0.1) is 20.2 Å². The normalized spacial score (nSPS) is 15.8. The molecule has 3 N–H and O–H groups in total. The number of para-hydroxylation sites is 2. The van der Waals surface area contributed by atoms with Crippen LogP contribution in [0.4, 0.5) is 0 Å². The summed E-state index contributed by atoms with van der Waals surface area (Å²) in [5, 5.41) is 9.31. The van der Waals surface area contributed by atoms with Crippen molar-refractivity contribution in [2.24, 2.45) is 4.99 Å². The lowest BCUT2D eigenvalue weighted by atomic mass is 9.95. The second kappa shape index (κ2) is 13.5. The number of methoxy groups -OCH3 is 1. The van der Waals surface area contributed by atoms with Gasteiger partial charge in [0.25, 0.3) is 0 Å². The highest BCUT2D eigenvalue weighted by Crippen LogP contribution is 2.26. The van der Waals surface area contributed by atoms with E-state index >= 15 is 0 Å². The number of carbonyl (C=O) groups excluding carboxylic acids is 1. The SMILES string of the molecule is CN=C(NCC(=O)NC1CCCCC1)NCC(C)Oc1ccccc1OC.I. The molecule has 0 heterocycles. The van der Waals surface area contributed by atoms with E-state index in [0.717, 1.165) is 12.8 Å². The second-order valence-corrected chi connectivity index (χ2v) is 6.79. The van der Waals surface area contributed by atoms with Crippen molar-refractivity contribution in [1.29, 1.82) is 0 Å². The maximum absolute atomic E-state index is 12.1. The minimum atomic E-state index is -0.101. The number of hydrogen-bond acceptors (Lipinski definition) is 4. The number of benzene rings is 1. The van der Waals surface area contributed by atoms with Crippen LogP contribution in [-0.4, -0.2) is 51.3 Å². The number of guanidine groups is 1. The number of carbonyl (C=O) groups is 1. The number of nitrogens with one attached hydrogen (secondary N) is 3. The van der Waals surface area contributed by atoms with Gasteiger partial charge < -0.3 is 25.4 Å². The number of rotatable bonds is 8. The molecule has 28 heavy (non-hydrogen) atoms. The molecular weight excluding hydrogens is 471 g/mol. The number of halogens is 1. The maximum atomic E-state index is 12.1. The van der Waals surface area contributed by atoms with Gasteiger partial charge in [-0.3, -0.25) is 9.79 Å². The van der Waals surface area contributed by atoms with Crippen LogP contribution in [0, 0.1) is 0 Å². The molecule has 1 aliphatic carbocycles. The Kier molecular flexibility index (Phi) is 11.7.